The Bertz CT molecular complexity index is 855. The fraction of sp³-hybridized carbons (Fsp3) is 0.435. The van der Waals surface area contributed by atoms with Gasteiger partial charge >= 0.3 is 0 Å². The van der Waals surface area contributed by atoms with Gasteiger partial charge in [0.2, 0.25) is 0 Å². The third kappa shape index (κ3) is 2.74. The average molecular weight is 362 g/mol. The third-order valence-corrected chi connectivity index (χ3v) is 6.85. The van der Waals surface area contributed by atoms with Crippen molar-refractivity contribution in [2.45, 2.75) is 37.8 Å². The summed E-state index contributed by atoms with van der Waals surface area (Å²) in [4.78, 5) is 18.1. The van der Waals surface area contributed by atoms with E-state index in [1.54, 1.807) is 6.07 Å². The van der Waals surface area contributed by atoms with Gasteiger partial charge in [0, 0.05) is 24.1 Å². The summed E-state index contributed by atoms with van der Waals surface area (Å²) in [6, 6.07) is 16.2. The minimum Gasteiger partial charge on any atom is -0.508 e. The van der Waals surface area contributed by atoms with Gasteiger partial charge in [-0.25, -0.2) is 0 Å². The highest BCUT2D eigenvalue weighted by Crippen LogP contribution is 2.47. The Hall–Kier alpha value is -2.33. The van der Waals surface area contributed by atoms with Crippen LogP contribution < -0.4 is 0 Å². The lowest BCUT2D eigenvalue weighted by Gasteiger charge is -2.51. The van der Waals surface area contributed by atoms with E-state index in [-0.39, 0.29) is 17.9 Å². The minimum absolute atomic E-state index is 0.154. The minimum atomic E-state index is 0.154. The van der Waals surface area contributed by atoms with Crippen molar-refractivity contribution in [1.82, 2.24) is 9.80 Å². The van der Waals surface area contributed by atoms with Crippen LogP contribution in [-0.4, -0.2) is 52.5 Å². The van der Waals surface area contributed by atoms with E-state index >= 15 is 0 Å². The molecule has 0 radical (unpaired) electrons. The maximum Gasteiger partial charge on any atom is 0.254 e. The number of fused-ring (bicyclic) bond motifs is 2. The number of rotatable bonds is 2. The summed E-state index contributed by atoms with van der Waals surface area (Å²) < 4.78 is 0. The lowest BCUT2D eigenvalue weighted by Crippen LogP contribution is -2.60. The Morgan fingerprint density at radius 1 is 1.04 bits per heavy atom. The second-order valence-corrected chi connectivity index (χ2v) is 8.38. The smallest absolute Gasteiger partial charge is 0.254 e. The zero-order valence-corrected chi connectivity index (χ0v) is 15.7. The predicted octanol–water partition coefficient (Wildman–Crippen LogP) is 3.40. The summed E-state index contributed by atoms with van der Waals surface area (Å²) in [7, 11) is 0. The maximum atomic E-state index is 13.4. The molecule has 0 spiro atoms. The van der Waals surface area contributed by atoms with Gasteiger partial charge in [0.15, 0.2) is 0 Å². The predicted molar refractivity (Wildman–Crippen MR) is 105 cm³/mol. The first kappa shape index (κ1) is 16.8. The Morgan fingerprint density at radius 3 is 2.48 bits per heavy atom. The van der Waals surface area contributed by atoms with Gasteiger partial charge < -0.3 is 10.0 Å². The summed E-state index contributed by atoms with van der Waals surface area (Å²) >= 11 is 0. The number of benzene rings is 2. The number of phenols is 1. The van der Waals surface area contributed by atoms with Crippen LogP contribution in [0.15, 0.2) is 48.5 Å². The van der Waals surface area contributed by atoms with Crippen molar-refractivity contribution in [2.24, 2.45) is 5.92 Å². The highest BCUT2D eigenvalue weighted by atomic mass is 16.3. The van der Waals surface area contributed by atoms with Crippen molar-refractivity contribution in [2.75, 3.05) is 19.6 Å². The van der Waals surface area contributed by atoms with Crippen LogP contribution in [0.3, 0.4) is 0 Å². The second kappa shape index (κ2) is 6.38. The average Bonchev–Trinajstić information content (AvgIpc) is 3.12. The molecule has 0 aromatic heterocycles. The van der Waals surface area contributed by atoms with Crippen molar-refractivity contribution in [3.63, 3.8) is 0 Å². The lowest BCUT2D eigenvalue weighted by molar-refractivity contribution is -0.00341. The van der Waals surface area contributed by atoms with Crippen LogP contribution in [0.1, 0.15) is 40.2 Å². The number of carbonyl (C=O) groups is 1. The molecular weight excluding hydrogens is 336 g/mol. The van der Waals surface area contributed by atoms with Crippen molar-refractivity contribution < 1.29 is 9.90 Å². The lowest BCUT2D eigenvalue weighted by atomic mass is 9.75. The highest BCUT2D eigenvalue weighted by molar-refractivity contribution is 5.95. The zero-order chi connectivity index (χ0) is 18.5. The van der Waals surface area contributed by atoms with Gasteiger partial charge in [0.1, 0.15) is 5.75 Å². The van der Waals surface area contributed by atoms with E-state index in [0.29, 0.717) is 17.7 Å². The van der Waals surface area contributed by atoms with Crippen LogP contribution in [0.5, 0.6) is 5.75 Å². The number of amides is 1. The van der Waals surface area contributed by atoms with Crippen molar-refractivity contribution in [1.29, 1.82) is 0 Å². The van der Waals surface area contributed by atoms with E-state index in [1.165, 1.54) is 18.4 Å². The Labute approximate surface area is 160 Å². The van der Waals surface area contributed by atoms with Gasteiger partial charge in [-0.3, -0.25) is 9.69 Å². The molecule has 4 nitrogen and oxygen atoms in total. The van der Waals surface area contributed by atoms with E-state index in [0.717, 1.165) is 30.8 Å². The van der Waals surface area contributed by atoms with Gasteiger partial charge in [-0.05, 0) is 68.6 Å². The Kier molecular flexibility index (Phi) is 3.97. The third-order valence-electron chi connectivity index (χ3n) is 6.85. The molecule has 1 N–H and O–H groups in total. The molecule has 4 heterocycles. The number of aryl methyl sites for hydroxylation is 1. The van der Waals surface area contributed by atoms with E-state index in [1.807, 2.05) is 43.3 Å². The normalized spacial score (nSPS) is 31.7. The number of hydrogen-bond acceptors (Lipinski definition) is 3. The fourth-order valence-corrected chi connectivity index (χ4v) is 5.57. The molecule has 2 bridgehead atoms. The molecular formula is C23H26N2O2. The van der Waals surface area contributed by atoms with E-state index in [2.05, 4.69) is 15.9 Å². The summed E-state index contributed by atoms with van der Waals surface area (Å²) in [6.45, 7) is 5.05. The first-order chi connectivity index (χ1) is 13.1. The van der Waals surface area contributed by atoms with E-state index < -0.39 is 0 Å². The Morgan fingerprint density at radius 2 is 1.78 bits per heavy atom. The molecule has 0 aliphatic carbocycles. The summed E-state index contributed by atoms with van der Waals surface area (Å²) in [5.74, 6) is 1.32. The Balaban J connectivity index is 1.52. The first-order valence-corrected chi connectivity index (χ1v) is 10.0. The van der Waals surface area contributed by atoms with Gasteiger partial charge in [-0.15, -0.1) is 0 Å². The first-order valence-electron chi connectivity index (χ1n) is 10.0. The van der Waals surface area contributed by atoms with Gasteiger partial charge in [0.05, 0.1) is 6.04 Å². The molecule has 140 valence electrons. The van der Waals surface area contributed by atoms with Crippen molar-refractivity contribution in [3.8, 4) is 5.75 Å². The largest absolute Gasteiger partial charge is 0.508 e. The molecule has 4 aliphatic heterocycles. The maximum absolute atomic E-state index is 13.4. The highest BCUT2D eigenvalue weighted by Gasteiger charge is 2.54. The molecule has 6 rings (SSSR count). The summed E-state index contributed by atoms with van der Waals surface area (Å²) in [5, 5.41) is 9.99. The van der Waals surface area contributed by atoms with Crippen LogP contribution in [0.4, 0.5) is 0 Å². The molecule has 1 amide bonds. The molecule has 4 aliphatic rings. The van der Waals surface area contributed by atoms with E-state index in [9.17, 15) is 9.90 Å². The van der Waals surface area contributed by atoms with Crippen LogP contribution in [0.2, 0.25) is 0 Å². The fourth-order valence-electron chi connectivity index (χ4n) is 5.57. The zero-order valence-electron chi connectivity index (χ0n) is 15.7. The molecule has 4 heteroatoms. The van der Waals surface area contributed by atoms with Crippen LogP contribution in [0.25, 0.3) is 0 Å². The van der Waals surface area contributed by atoms with Gasteiger partial charge in [0.25, 0.3) is 5.91 Å². The number of hydrogen-bond donors (Lipinski definition) is 1. The van der Waals surface area contributed by atoms with Crippen molar-refractivity contribution >= 4 is 5.91 Å². The number of phenolic OH excluding ortho intramolecular Hbond substituents is 1. The van der Waals surface area contributed by atoms with Gasteiger partial charge in [-0.2, -0.15) is 0 Å². The number of nitrogens with zero attached hydrogens (tertiary/aromatic N) is 2. The second-order valence-electron chi connectivity index (χ2n) is 8.38. The summed E-state index contributed by atoms with van der Waals surface area (Å²) in [6.07, 6.45) is 2.37. The molecule has 4 saturated heterocycles. The number of piperidine rings is 3. The van der Waals surface area contributed by atoms with Gasteiger partial charge in [-0.1, -0.05) is 29.8 Å². The molecule has 4 fully saturated rings. The number of aromatic hydroxyl groups is 1. The quantitative estimate of drug-likeness (QED) is 0.890. The number of carbonyl (C=O) groups excluding carboxylic acids is 1. The summed E-state index contributed by atoms with van der Waals surface area (Å²) in [5.41, 5.74) is 3.11. The monoisotopic (exact) mass is 362 g/mol. The number of likely N-dealkylation sites (tertiary alicyclic amines) is 1. The molecule has 2 aromatic rings. The molecule has 0 unspecified atom stereocenters. The molecule has 0 saturated carbocycles. The SMILES string of the molecule is Cc1ccc(C(=O)N2C[C@H](c3cccc(O)c3)[C@H]3[C@@H]2C2CCN3CC2)cc1. The van der Waals surface area contributed by atoms with E-state index in [4.69, 9.17) is 0 Å². The molecule has 2 aromatic carbocycles. The molecule has 3 atom stereocenters. The molecule has 27 heavy (non-hydrogen) atoms. The van der Waals surface area contributed by atoms with Crippen LogP contribution in [0, 0.1) is 12.8 Å². The topological polar surface area (TPSA) is 43.8 Å². The van der Waals surface area contributed by atoms with Crippen LogP contribution >= 0.6 is 0 Å². The standard InChI is InChI=1S/C23H26N2O2/c1-15-5-7-17(8-6-15)23(27)25-14-20(18-3-2-4-19(26)13-18)22-21(25)16-9-11-24(22)12-10-16/h2-8,13,16,20-22,26H,9-12,14H2,1H3/t20-,21+,22+/m1/s1. The van der Waals surface area contributed by atoms with Crippen LogP contribution in [-0.2, 0) is 0 Å². The van der Waals surface area contributed by atoms with Crippen molar-refractivity contribution in [3.05, 3.63) is 65.2 Å².